The van der Waals surface area contributed by atoms with E-state index >= 15 is 0 Å². The first kappa shape index (κ1) is 12.6. The predicted octanol–water partition coefficient (Wildman–Crippen LogP) is 1.80. The number of fused-ring (bicyclic) bond motifs is 3. The second-order valence-electron chi connectivity index (χ2n) is 5.02. The van der Waals surface area contributed by atoms with Crippen molar-refractivity contribution in [1.82, 2.24) is 18.9 Å². The van der Waals surface area contributed by atoms with E-state index in [2.05, 4.69) is 9.97 Å². The molecule has 3 heterocycles. The highest BCUT2D eigenvalue weighted by Crippen LogP contribution is 2.20. The van der Waals surface area contributed by atoms with E-state index in [0.29, 0.717) is 12.3 Å². The largest absolute Gasteiger partial charge is 0.493 e. The maximum atomic E-state index is 12.2. The van der Waals surface area contributed by atoms with Gasteiger partial charge in [0.15, 0.2) is 0 Å². The zero-order valence-corrected chi connectivity index (χ0v) is 11.5. The molecule has 4 aromatic rings. The summed E-state index contributed by atoms with van der Waals surface area (Å²) in [7, 11) is 0. The number of nitrogens with zero attached hydrogens (tertiary/aromatic N) is 4. The Morgan fingerprint density at radius 3 is 2.68 bits per heavy atom. The first-order valence-electron chi connectivity index (χ1n) is 6.83. The topological polar surface area (TPSA) is 72.4 Å². The minimum Gasteiger partial charge on any atom is -0.493 e. The number of imidazole rings is 1. The van der Waals surface area contributed by atoms with Crippen LogP contribution in [0, 0.1) is 0 Å². The molecule has 0 aliphatic rings. The van der Waals surface area contributed by atoms with E-state index in [1.807, 2.05) is 41.0 Å². The zero-order chi connectivity index (χ0) is 15.1. The zero-order valence-electron chi connectivity index (χ0n) is 11.5. The average Bonchev–Trinajstić information content (AvgIpc) is 2.83. The molecule has 0 saturated carbocycles. The van der Waals surface area contributed by atoms with E-state index in [1.54, 1.807) is 12.4 Å². The summed E-state index contributed by atoms with van der Waals surface area (Å²) in [4.78, 5) is 20.5. The first-order valence-corrected chi connectivity index (χ1v) is 6.83. The number of aromatic nitrogens is 4. The molecule has 0 unspecified atom stereocenters. The van der Waals surface area contributed by atoms with E-state index in [9.17, 15) is 9.90 Å². The van der Waals surface area contributed by atoms with E-state index in [-0.39, 0.29) is 11.4 Å². The van der Waals surface area contributed by atoms with Gasteiger partial charge in [0.05, 0.1) is 23.6 Å². The fourth-order valence-electron chi connectivity index (χ4n) is 2.69. The number of hydrogen-bond donors (Lipinski definition) is 1. The average molecular weight is 292 g/mol. The van der Waals surface area contributed by atoms with Gasteiger partial charge in [-0.2, -0.15) is 4.98 Å². The minimum absolute atomic E-state index is 0.278. The molecule has 4 rings (SSSR count). The van der Waals surface area contributed by atoms with E-state index in [4.69, 9.17) is 0 Å². The van der Waals surface area contributed by atoms with Gasteiger partial charge in [-0.3, -0.25) is 9.78 Å². The van der Waals surface area contributed by atoms with Gasteiger partial charge in [0.2, 0.25) is 11.7 Å². The third-order valence-electron chi connectivity index (χ3n) is 3.61. The number of hydrogen-bond acceptors (Lipinski definition) is 4. The van der Waals surface area contributed by atoms with Gasteiger partial charge < -0.3 is 9.67 Å². The molecule has 0 radical (unpaired) electrons. The highest BCUT2D eigenvalue weighted by molar-refractivity contribution is 5.80. The van der Waals surface area contributed by atoms with Crippen LogP contribution in [0.4, 0.5) is 0 Å². The van der Waals surface area contributed by atoms with Crippen LogP contribution in [0.1, 0.15) is 5.56 Å². The Hall–Kier alpha value is -3.15. The second kappa shape index (κ2) is 4.70. The molecule has 0 bridgehead atoms. The molecule has 3 aromatic heterocycles. The summed E-state index contributed by atoms with van der Waals surface area (Å²) in [6.45, 7) is 0.515. The van der Waals surface area contributed by atoms with Gasteiger partial charge in [-0.1, -0.05) is 18.2 Å². The van der Waals surface area contributed by atoms with Crippen molar-refractivity contribution in [2.45, 2.75) is 6.54 Å². The van der Waals surface area contributed by atoms with Gasteiger partial charge in [0.25, 0.3) is 5.56 Å². The molecule has 0 atom stereocenters. The molecule has 0 saturated heterocycles. The number of aromatic hydroxyl groups is 1. The van der Waals surface area contributed by atoms with Crippen molar-refractivity contribution in [1.29, 1.82) is 0 Å². The van der Waals surface area contributed by atoms with Crippen LogP contribution in [0.15, 0.2) is 59.7 Å². The lowest BCUT2D eigenvalue weighted by atomic mass is 10.2. The Labute approximate surface area is 124 Å². The maximum Gasteiger partial charge on any atom is 0.263 e. The normalized spacial score (nSPS) is 11.3. The molecule has 108 valence electrons. The first-order chi connectivity index (χ1) is 10.7. The molecular formula is C16H12N4O2. The van der Waals surface area contributed by atoms with Crippen LogP contribution in [-0.4, -0.2) is 24.0 Å². The van der Waals surface area contributed by atoms with Gasteiger partial charge >= 0.3 is 0 Å². The van der Waals surface area contributed by atoms with Crippen molar-refractivity contribution in [2.75, 3.05) is 0 Å². The van der Waals surface area contributed by atoms with Crippen LogP contribution in [0.25, 0.3) is 16.8 Å². The third kappa shape index (κ3) is 1.85. The molecule has 6 nitrogen and oxygen atoms in total. The van der Waals surface area contributed by atoms with Crippen LogP contribution in [0.3, 0.4) is 0 Å². The van der Waals surface area contributed by atoms with Crippen LogP contribution in [-0.2, 0) is 6.54 Å². The van der Waals surface area contributed by atoms with Crippen LogP contribution < -0.4 is 5.56 Å². The number of pyridine rings is 1. The summed E-state index contributed by atoms with van der Waals surface area (Å²) in [5.41, 5.74) is 2.33. The Balaban J connectivity index is 2.08. The van der Waals surface area contributed by atoms with Gasteiger partial charge in [-0.25, -0.2) is 4.40 Å². The van der Waals surface area contributed by atoms with Gasteiger partial charge in [0, 0.05) is 12.4 Å². The van der Waals surface area contributed by atoms with E-state index in [0.717, 1.165) is 22.7 Å². The predicted molar refractivity (Wildman–Crippen MR) is 82.0 cm³/mol. The lowest BCUT2D eigenvalue weighted by Gasteiger charge is -2.05. The highest BCUT2D eigenvalue weighted by atomic mass is 16.3. The minimum atomic E-state index is -0.302. The molecule has 1 N–H and O–H groups in total. The third-order valence-corrected chi connectivity index (χ3v) is 3.61. The van der Waals surface area contributed by atoms with Crippen molar-refractivity contribution in [3.8, 4) is 5.88 Å². The number of para-hydroxylation sites is 2. The molecular weight excluding hydrogens is 280 g/mol. The Morgan fingerprint density at radius 2 is 1.91 bits per heavy atom. The second-order valence-corrected chi connectivity index (χ2v) is 5.02. The molecule has 22 heavy (non-hydrogen) atoms. The van der Waals surface area contributed by atoms with Crippen molar-refractivity contribution in [3.05, 3.63) is 70.8 Å². The fourth-order valence-corrected chi connectivity index (χ4v) is 2.69. The standard InChI is InChI=1S/C16H12N4O2/c21-14-8-15(22)20-13-6-2-1-5-12(13)19(16(20)18-14)10-11-4-3-7-17-9-11/h1-9,21H,10H2. The summed E-state index contributed by atoms with van der Waals surface area (Å²) in [6, 6.07) is 12.5. The molecule has 0 spiro atoms. The summed E-state index contributed by atoms with van der Waals surface area (Å²) in [5.74, 6) is 0.135. The summed E-state index contributed by atoms with van der Waals surface area (Å²) < 4.78 is 3.40. The van der Waals surface area contributed by atoms with Gasteiger partial charge in [-0.15, -0.1) is 0 Å². The highest BCUT2D eigenvalue weighted by Gasteiger charge is 2.14. The molecule has 0 fully saturated rings. The monoisotopic (exact) mass is 292 g/mol. The maximum absolute atomic E-state index is 12.2. The van der Waals surface area contributed by atoms with Crippen molar-refractivity contribution in [2.24, 2.45) is 0 Å². The Bertz CT molecular complexity index is 1030. The van der Waals surface area contributed by atoms with Crippen molar-refractivity contribution in [3.63, 3.8) is 0 Å². The van der Waals surface area contributed by atoms with Crippen LogP contribution >= 0.6 is 0 Å². The molecule has 6 heteroatoms. The summed E-state index contributed by atoms with van der Waals surface area (Å²) >= 11 is 0. The Kier molecular flexibility index (Phi) is 2.69. The fraction of sp³-hybridized carbons (Fsp3) is 0.0625. The van der Waals surface area contributed by atoms with Gasteiger partial charge in [-0.05, 0) is 23.8 Å². The lowest BCUT2D eigenvalue weighted by molar-refractivity contribution is 0.452. The van der Waals surface area contributed by atoms with Crippen LogP contribution in [0.5, 0.6) is 5.88 Å². The summed E-state index contributed by atoms with van der Waals surface area (Å²) in [6.07, 6.45) is 3.48. The quantitative estimate of drug-likeness (QED) is 0.611. The smallest absolute Gasteiger partial charge is 0.263 e. The lowest BCUT2D eigenvalue weighted by Crippen LogP contribution is -2.13. The molecule has 0 amide bonds. The molecule has 0 aliphatic heterocycles. The van der Waals surface area contributed by atoms with Crippen molar-refractivity contribution < 1.29 is 5.11 Å². The molecule has 0 aliphatic carbocycles. The van der Waals surface area contributed by atoms with Crippen molar-refractivity contribution >= 4 is 16.8 Å². The van der Waals surface area contributed by atoms with Gasteiger partial charge in [0.1, 0.15) is 0 Å². The van der Waals surface area contributed by atoms with E-state index < -0.39 is 0 Å². The number of rotatable bonds is 2. The Morgan fingerprint density at radius 1 is 1.09 bits per heavy atom. The summed E-state index contributed by atoms with van der Waals surface area (Å²) in [5, 5.41) is 9.68. The van der Waals surface area contributed by atoms with E-state index in [1.165, 1.54) is 4.40 Å². The number of benzene rings is 1. The molecule has 1 aromatic carbocycles. The SMILES string of the molecule is O=c1cc(O)nc2n(Cc3cccnc3)c3ccccc3n12. The van der Waals surface area contributed by atoms with Crippen LogP contribution in [0.2, 0.25) is 0 Å².